The van der Waals surface area contributed by atoms with Gasteiger partial charge in [0.05, 0.1) is 30.3 Å². The Kier molecular flexibility index (Phi) is 8.30. The van der Waals surface area contributed by atoms with Gasteiger partial charge in [0.2, 0.25) is 0 Å². The Bertz CT molecular complexity index is 842. The first-order valence-corrected chi connectivity index (χ1v) is 10.9. The predicted molar refractivity (Wildman–Crippen MR) is 116 cm³/mol. The summed E-state index contributed by atoms with van der Waals surface area (Å²) in [6, 6.07) is 0.939. The van der Waals surface area contributed by atoms with Crippen LogP contribution in [0.2, 0.25) is 5.02 Å². The molecule has 2 fully saturated rings. The molecule has 10 nitrogen and oxygen atoms in total. The second-order valence-corrected chi connectivity index (χ2v) is 8.45. The van der Waals surface area contributed by atoms with E-state index in [0.717, 1.165) is 25.9 Å². The molecule has 2 saturated heterocycles. The van der Waals surface area contributed by atoms with Gasteiger partial charge < -0.3 is 30.8 Å². The molecule has 31 heavy (non-hydrogen) atoms. The van der Waals surface area contributed by atoms with Crippen LogP contribution in [0.5, 0.6) is 0 Å². The summed E-state index contributed by atoms with van der Waals surface area (Å²) in [7, 11) is 1.55. The lowest BCUT2D eigenvalue weighted by Crippen LogP contribution is -2.56. The quantitative estimate of drug-likeness (QED) is 0.420. The van der Waals surface area contributed by atoms with Crippen molar-refractivity contribution >= 4 is 29.3 Å². The molecule has 2 aliphatic rings. The van der Waals surface area contributed by atoms with Crippen molar-refractivity contribution in [2.75, 3.05) is 52.2 Å². The Morgan fingerprint density at radius 1 is 1.39 bits per heavy atom. The van der Waals surface area contributed by atoms with Gasteiger partial charge in [0.1, 0.15) is 11.4 Å². The fraction of sp³-hybridized carbons (Fsp3) is 0.650. The summed E-state index contributed by atoms with van der Waals surface area (Å²) < 4.78 is 11.0. The molecule has 0 spiro atoms. The number of nitrogen functional groups attached to an aromatic ring is 1. The number of anilines is 1. The molecule has 1 aromatic heterocycles. The van der Waals surface area contributed by atoms with E-state index in [1.807, 2.05) is 4.90 Å². The van der Waals surface area contributed by atoms with Crippen molar-refractivity contribution in [1.29, 1.82) is 0 Å². The highest BCUT2D eigenvalue weighted by Crippen LogP contribution is 2.17. The number of rotatable bonds is 7. The van der Waals surface area contributed by atoms with E-state index in [2.05, 4.69) is 15.6 Å². The molecule has 0 aliphatic carbocycles. The number of aromatic amines is 1. The number of esters is 1. The van der Waals surface area contributed by atoms with Crippen molar-refractivity contribution in [3.05, 3.63) is 27.0 Å². The topological polar surface area (TPSA) is 139 Å². The monoisotopic (exact) mass is 455 g/mol. The molecule has 0 aromatic carbocycles. The van der Waals surface area contributed by atoms with Crippen molar-refractivity contribution in [3.63, 3.8) is 0 Å². The van der Waals surface area contributed by atoms with Crippen molar-refractivity contribution in [3.8, 4) is 0 Å². The number of nitrogens with zero attached hydrogens (tertiary/aromatic N) is 1. The lowest BCUT2D eigenvalue weighted by atomic mass is 10.0. The Balaban J connectivity index is 1.49. The zero-order chi connectivity index (χ0) is 22.4. The van der Waals surface area contributed by atoms with Crippen LogP contribution in [0.25, 0.3) is 0 Å². The van der Waals surface area contributed by atoms with Gasteiger partial charge in [0, 0.05) is 32.7 Å². The second kappa shape index (κ2) is 10.9. The third-order valence-electron chi connectivity index (χ3n) is 5.76. The number of hydrogen-bond acceptors (Lipinski definition) is 8. The van der Waals surface area contributed by atoms with Crippen LogP contribution < -0.4 is 21.9 Å². The summed E-state index contributed by atoms with van der Waals surface area (Å²) in [4.78, 5) is 41.1. The van der Waals surface area contributed by atoms with E-state index in [4.69, 9.17) is 26.8 Å². The smallest absolute Gasteiger partial charge is 0.320 e. The van der Waals surface area contributed by atoms with Crippen LogP contribution in [0.1, 0.15) is 29.6 Å². The number of ether oxygens (including phenoxy) is 2. The minimum atomic E-state index is -0.610. The highest BCUT2D eigenvalue weighted by molar-refractivity contribution is 6.33. The first-order valence-electron chi connectivity index (χ1n) is 10.5. The summed E-state index contributed by atoms with van der Waals surface area (Å²) >= 11 is 5.92. The number of likely N-dealkylation sites (tertiary alicyclic amines) is 1. The maximum Gasteiger partial charge on any atom is 0.320 e. The number of pyridine rings is 1. The maximum atomic E-state index is 12.6. The number of carbonyl (C=O) groups excluding carboxylic acids is 2. The predicted octanol–water partition coefficient (Wildman–Crippen LogP) is -0.0276. The van der Waals surface area contributed by atoms with Crippen molar-refractivity contribution in [2.45, 2.75) is 31.4 Å². The van der Waals surface area contributed by atoms with Gasteiger partial charge in [-0.2, -0.15) is 0 Å². The van der Waals surface area contributed by atoms with Crippen molar-refractivity contribution in [1.82, 2.24) is 20.5 Å². The largest absolute Gasteiger partial charge is 0.464 e. The Morgan fingerprint density at radius 2 is 2.19 bits per heavy atom. The standard InChI is InChI=1S/C20H30ClN5O5/c1-30-16-9-26(10-17(27)31-11-12-3-2-5-23-8-12)6-4-15(16)24-19(28)13-7-14(21)18(22)25-20(13)29/h7,12,15-16,23H,2-6,8-11H2,1H3,(H,24,28)(H3,22,25,29)/t12?,15-,16+/m0/s1. The SMILES string of the molecule is CO[C@@H]1CN(CC(=O)OCC2CCCNC2)CC[C@@H]1NC(=O)c1cc(Cl)c(N)[nH]c1=O. The molecule has 0 bridgehead atoms. The van der Waals surface area contributed by atoms with Gasteiger partial charge in [-0.1, -0.05) is 11.6 Å². The Labute approximate surface area is 185 Å². The van der Waals surface area contributed by atoms with Crippen LogP contribution in [0, 0.1) is 5.92 Å². The molecular weight excluding hydrogens is 426 g/mol. The van der Waals surface area contributed by atoms with Crippen LogP contribution in [-0.2, 0) is 14.3 Å². The van der Waals surface area contributed by atoms with Crippen LogP contribution >= 0.6 is 11.6 Å². The molecule has 2 aliphatic heterocycles. The third kappa shape index (κ3) is 6.42. The number of hydrogen-bond donors (Lipinski definition) is 4. The van der Waals surface area contributed by atoms with E-state index in [9.17, 15) is 14.4 Å². The summed E-state index contributed by atoms with van der Waals surface area (Å²) in [5, 5.41) is 6.24. The van der Waals surface area contributed by atoms with Crippen LogP contribution in [0.3, 0.4) is 0 Å². The highest BCUT2D eigenvalue weighted by atomic mass is 35.5. The number of amides is 1. The number of aromatic nitrogens is 1. The number of methoxy groups -OCH3 is 1. The molecular formula is C20H30ClN5O5. The molecule has 0 radical (unpaired) electrons. The molecule has 1 unspecified atom stereocenters. The molecule has 3 heterocycles. The van der Waals surface area contributed by atoms with E-state index >= 15 is 0 Å². The summed E-state index contributed by atoms with van der Waals surface area (Å²) in [6.45, 7) is 3.56. The van der Waals surface area contributed by atoms with Gasteiger partial charge in [0.25, 0.3) is 11.5 Å². The van der Waals surface area contributed by atoms with Gasteiger partial charge >= 0.3 is 5.97 Å². The maximum absolute atomic E-state index is 12.6. The number of nitrogens with two attached hydrogens (primary N) is 1. The van der Waals surface area contributed by atoms with Crippen LogP contribution in [-0.4, -0.2) is 80.3 Å². The lowest BCUT2D eigenvalue weighted by molar-refractivity contribution is -0.147. The Hall–Kier alpha value is -2.14. The summed E-state index contributed by atoms with van der Waals surface area (Å²) in [5.74, 6) is -0.427. The third-order valence-corrected chi connectivity index (χ3v) is 6.07. The fourth-order valence-electron chi connectivity index (χ4n) is 3.97. The van der Waals surface area contributed by atoms with E-state index in [1.54, 1.807) is 7.11 Å². The molecule has 1 amide bonds. The van der Waals surface area contributed by atoms with Gasteiger partial charge in [-0.05, 0) is 31.9 Å². The van der Waals surface area contributed by atoms with Crippen molar-refractivity contribution in [2.24, 2.45) is 5.92 Å². The average molecular weight is 456 g/mol. The molecule has 1 aromatic rings. The summed E-state index contributed by atoms with van der Waals surface area (Å²) in [6.07, 6.45) is 2.39. The number of halogens is 1. The van der Waals surface area contributed by atoms with E-state index < -0.39 is 11.5 Å². The molecule has 5 N–H and O–H groups in total. The highest BCUT2D eigenvalue weighted by Gasteiger charge is 2.32. The van der Waals surface area contributed by atoms with Crippen LogP contribution in [0.4, 0.5) is 5.82 Å². The lowest BCUT2D eigenvalue weighted by Gasteiger charge is -2.37. The summed E-state index contributed by atoms with van der Waals surface area (Å²) in [5.41, 5.74) is 4.83. The molecule has 3 rings (SSSR count). The Morgan fingerprint density at radius 3 is 2.90 bits per heavy atom. The normalized spacial score (nSPS) is 24.5. The fourth-order valence-corrected chi connectivity index (χ4v) is 4.12. The van der Waals surface area contributed by atoms with E-state index in [1.165, 1.54) is 6.07 Å². The van der Waals surface area contributed by atoms with Crippen molar-refractivity contribution < 1.29 is 19.1 Å². The van der Waals surface area contributed by atoms with Gasteiger partial charge in [-0.15, -0.1) is 0 Å². The number of nitrogens with one attached hydrogen (secondary N) is 3. The first kappa shape index (κ1) is 23.5. The second-order valence-electron chi connectivity index (χ2n) is 8.05. The molecule has 11 heteroatoms. The molecule has 3 atom stereocenters. The van der Waals surface area contributed by atoms with Gasteiger partial charge in [0.15, 0.2) is 0 Å². The van der Waals surface area contributed by atoms with Gasteiger partial charge in [-0.3, -0.25) is 19.3 Å². The zero-order valence-corrected chi connectivity index (χ0v) is 18.4. The first-order chi connectivity index (χ1) is 14.9. The van der Waals surface area contributed by atoms with E-state index in [-0.39, 0.29) is 41.1 Å². The van der Waals surface area contributed by atoms with Gasteiger partial charge in [-0.25, -0.2) is 0 Å². The number of H-pyrrole nitrogens is 1. The minimum absolute atomic E-state index is 0.0120. The minimum Gasteiger partial charge on any atom is -0.464 e. The number of carbonyl (C=O) groups is 2. The number of piperidine rings is 2. The average Bonchev–Trinajstić information content (AvgIpc) is 2.76. The van der Waals surface area contributed by atoms with E-state index in [0.29, 0.717) is 32.0 Å². The zero-order valence-electron chi connectivity index (χ0n) is 17.6. The molecule has 172 valence electrons. The molecule has 0 saturated carbocycles. The van der Waals surface area contributed by atoms with Crippen LogP contribution in [0.15, 0.2) is 10.9 Å².